The van der Waals surface area contributed by atoms with Crippen LogP contribution in [0.15, 0.2) is 61.2 Å². The van der Waals surface area contributed by atoms with Gasteiger partial charge in [-0.3, -0.25) is 14.2 Å². The van der Waals surface area contributed by atoms with Crippen molar-refractivity contribution in [2.75, 3.05) is 6.61 Å². The summed E-state index contributed by atoms with van der Waals surface area (Å²) in [6.07, 6.45) is 1.67. The van der Waals surface area contributed by atoms with Crippen LogP contribution in [-0.2, 0) is 14.3 Å². The van der Waals surface area contributed by atoms with Gasteiger partial charge in [0.25, 0.3) is 5.56 Å². The first kappa shape index (κ1) is 23.3. The van der Waals surface area contributed by atoms with Crippen LogP contribution in [-0.4, -0.2) is 23.1 Å². The van der Waals surface area contributed by atoms with Gasteiger partial charge in [-0.05, 0) is 49.6 Å². The third kappa shape index (κ3) is 4.64. The number of carbonyl (C=O) groups excluding carboxylic acids is 2. The van der Waals surface area contributed by atoms with E-state index in [1.807, 2.05) is 17.5 Å². The van der Waals surface area contributed by atoms with Gasteiger partial charge in [-0.25, -0.2) is 9.79 Å². The summed E-state index contributed by atoms with van der Waals surface area (Å²) in [6, 6.07) is 8.31. The molecule has 33 heavy (non-hydrogen) atoms. The lowest BCUT2D eigenvalue weighted by molar-refractivity contribution is -0.139. The SMILES string of the molecule is CCOC(=O)C1=C(C)N=c2sc(=Cc3cc(Br)ccc3OC(C)=O)c(=O)n2[C@H]1c1cccs1. The zero-order valence-electron chi connectivity index (χ0n) is 18.0. The molecule has 0 saturated carbocycles. The van der Waals surface area contributed by atoms with Gasteiger partial charge in [0.2, 0.25) is 0 Å². The topological polar surface area (TPSA) is 87.0 Å². The highest BCUT2D eigenvalue weighted by molar-refractivity contribution is 9.10. The van der Waals surface area contributed by atoms with Crippen molar-refractivity contribution in [2.45, 2.75) is 26.8 Å². The molecule has 1 atom stereocenters. The van der Waals surface area contributed by atoms with Crippen LogP contribution in [0.2, 0.25) is 0 Å². The predicted octanol–water partition coefficient (Wildman–Crippen LogP) is 3.55. The van der Waals surface area contributed by atoms with E-state index in [1.54, 1.807) is 38.1 Å². The predicted molar refractivity (Wildman–Crippen MR) is 130 cm³/mol. The summed E-state index contributed by atoms with van der Waals surface area (Å²) < 4.78 is 13.3. The summed E-state index contributed by atoms with van der Waals surface area (Å²) >= 11 is 6.09. The number of nitrogens with zero attached hydrogens (tertiary/aromatic N) is 2. The molecule has 1 aliphatic rings. The molecule has 3 heterocycles. The maximum atomic E-state index is 13.6. The average molecular weight is 547 g/mol. The zero-order chi connectivity index (χ0) is 23.7. The second-order valence-corrected chi connectivity index (χ2v) is 10.00. The van der Waals surface area contributed by atoms with Crippen molar-refractivity contribution in [3.63, 3.8) is 0 Å². The Morgan fingerprint density at radius 3 is 2.76 bits per heavy atom. The van der Waals surface area contributed by atoms with E-state index in [2.05, 4.69) is 20.9 Å². The van der Waals surface area contributed by atoms with Crippen molar-refractivity contribution in [1.29, 1.82) is 0 Å². The molecule has 0 amide bonds. The average Bonchev–Trinajstić information content (AvgIpc) is 3.38. The van der Waals surface area contributed by atoms with Crippen molar-refractivity contribution in [2.24, 2.45) is 4.99 Å². The molecule has 1 aliphatic heterocycles. The van der Waals surface area contributed by atoms with Gasteiger partial charge in [-0.2, -0.15) is 0 Å². The highest BCUT2D eigenvalue weighted by atomic mass is 79.9. The Labute approximate surface area is 205 Å². The molecule has 10 heteroatoms. The van der Waals surface area contributed by atoms with Crippen molar-refractivity contribution in [3.05, 3.63) is 81.6 Å². The lowest BCUT2D eigenvalue weighted by atomic mass is 10.0. The molecule has 3 aromatic rings. The van der Waals surface area contributed by atoms with E-state index in [1.165, 1.54) is 34.2 Å². The normalized spacial score (nSPS) is 15.8. The lowest BCUT2D eigenvalue weighted by Gasteiger charge is -2.23. The first-order valence-corrected chi connectivity index (χ1v) is 12.5. The molecule has 0 N–H and O–H groups in total. The summed E-state index contributed by atoms with van der Waals surface area (Å²) in [4.78, 5) is 43.8. The first-order valence-electron chi connectivity index (χ1n) is 10.0. The molecule has 0 spiro atoms. The molecule has 0 radical (unpaired) electrons. The number of benzene rings is 1. The third-order valence-electron chi connectivity index (χ3n) is 4.84. The maximum absolute atomic E-state index is 13.6. The first-order chi connectivity index (χ1) is 15.8. The number of thiazole rings is 1. The molecule has 0 fully saturated rings. The second-order valence-electron chi connectivity index (χ2n) is 7.09. The van der Waals surface area contributed by atoms with Crippen LogP contribution in [0.4, 0.5) is 0 Å². The van der Waals surface area contributed by atoms with E-state index < -0.39 is 18.0 Å². The Balaban J connectivity index is 1.94. The molecule has 4 rings (SSSR count). The van der Waals surface area contributed by atoms with Gasteiger partial charge < -0.3 is 9.47 Å². The minimum atomic E-state index is -0.627. The van der Waals surface area contributed by atoms with Gasteiger partial charge in [0.05, 0.1) is 22.4 Å². The number of aromatic nitrogens is 1. The number of halogens is 1. The third-order valence-corrected chi connectivity index (χ3v) is 7.24. The highest BCUT2D eigenvalue weighted by Gasteiger charge is 2.33. The van der Waals surface area contributed by atoms with Crippen LogP contribution in [0.5, 0.6) is 5.75 Å². The monoisotopic (exact) mass is 546 g/mol. The Bertz CT molecular complexity index is 1450. The van der Waals surface area contributed by atoms with E-state index in [9.17, 15) is 14.4 Å². The van der Waals surface area contributed by atoms with Crippen LogP contribution in [0, 0.1) is 0 Å². The van der Waals surface area contributed by atoms with Gasteiger partial charge >= 0.3 is 11.9 Å². The minimum absolute atomic E-state index is 0.221. The number of esters is 2. The Hall–Kier alpha value is -2.82. The summed E-state index contributed by atoms with van der Waals surface area (Å²) in [7, 11) is 0. The molecule has 0 unspecified atom stereocenters. The van der Waals surface area contributed by atoms with Crippen molar-refractivity contribution in [1.82, 2.24) is 4.57 Å². The van der Waals surface area contributed by atoms with Crippen LogP contribution in [0.3, 0.4) is 0 Å². The number of ether oxygens (including phenoxy) is 2. The number of thiophene rings is 1. The Morgan fingerprint density at radius 1 is 1.30 bits per heavy atom. The zero-order valence-corrected chi connectivity index (χ0v) is 21.2. The van der Waals surface area contributed by atoms with E-state index in [-0.39, 0.29) is 12.2 Å². The number of rotatable bonds is 5. The largest absolute Gasteiger partial charge is 0.463 e. The van der Waals surface area contributed by atoms with Gasteiger partial charge in [-0.1, -0.05) is 33.3 Å². The summed E-state index contributed by atoms with van der Waals surface area (Å²) in [5.41, 5.74) is 1.14. The highest BCUT2D eigenvalue weighted by Crippen LogP contribution is 2.33. The van der Waals surface area contributed by atoms with Gasteiger partial charge in [0.15, 0.2) is 4.80 Å². The quantitative estimate of drug-likeness (QED) is 0.360. The van der Waals surface area contributed by atoms with E-state index in [0.29, 0.717) is 31.9 Å². The van der Waals surface area contributed by atoms with Crippen LogP contribution >= 0.6 is 38.6 Å². The molecular weight excluding hydrogens is 528 g/mol. The number of hydrogen-bond acceptors (Lipinski definition) is 8. The molecular formula is C23H19BrN2O5S2. The fraction of sp³-hybridized carbons (Fsp3) is 0.217. The second kappa shape index (κ2) is 9.58. The standard InChI is InChI=1S/C23H19BrN2O5S2/c1-4-30-22(29)19-12(2)25-23-26(20(19)17-6-5-9-32-17)21(28)18(33-23)11-14-10-15(24)7-8-16(14)31-13(3)27/h5-11,20H,4H2,1-3H3/t20-/m0/s1. The van der Waals surface area contributed by atoms with Crippen LogP contribution in [0.1, 0.15) is 37.3 Å². The van der Waals surface area contributed by atoms with Crippen molar-refractivity contribution >= 4 is 56.6 Å². The molecule has 7 nitrogen and oxygen atoms in total. The lowest BCUT2D eigenvalue weighted by Crippen LogP contribution is -2.39. The van der Waals surface area contributed by atoms with E-state index in [0.717, 1.165) is 9.35 Å². The Kier molecular flexibility index (Phi) is 6.78. The van der Waals surface area contributed by atoms with Crippen molar-refractivity contribution < 1.29 is 19.1 Å². The minimum Gasteiger partial charge on any atom is -0.463 e. The Morgan fingerprint density at radius 2 is 2.09 bits per heavy atom. The van der Waals surface area contributed by atoms with E-state index in [4.69, 9.17) is 9.47 Å². The molecule has 2 aromatic heterocycles. The number of allylic oxidation sites excluding steroid dienone is 1. The number of carbonyl (C=O) groups is 2. The van der Waals surface area contributed by atoms with Gasteiger partial charge in [0, 0.05) is 21.8 Å². The fourth-order valence-electron chi connectivity index (χ4n) is 3.53. The fourth-order valence-corrected chi connectivity index (χ4v) is 5.77. The van der Waals surface area contributed by atoms with Crippen molar-refractivity contribution in [3.8, 4) is 5.75 Å². The summed E-state index contributed by atoms with van der Waals surface area (Å²) in [6.45, 7) is 5.03. The molecule has 0 bridgehead atoms. The molecule has 0 aliphatic carbocycles. The van der Waals surface area contributed by atoms with Gasteiger partial charge in [-0.15, -0.1) is 11.3 Å². The summed E-state index contributed by atoms with van der Waals surface area (Å²) in [5, 5.41) is 1.90. The molecule has 1 aromatic carbocycles. The maximum Gasteiger partial charge on any atom is 0.338 e. The smallest absolute Gasteiger partial charge is 0.338 e. The van der Waals surface area contributed by atoms with E-state index >= 15 is 0 Å². The van der Waals surface area contributed by atoms with Crippen LogP contribution < -0.4 is 19.6 Å². The number of hydrogen-bond donors (Lipinski definition) is 0. The van der Waals surface area contributed by atoms with Crippen LogP contribution in [0.25, 0.3) is 6.08 Å². The molecule has 0 saturated heterocycles. The molecule has 170 valence electrons. The number of fused-ring (bicyclic) bond motifs is 1. The summed E-state index contributed by atoms with van der Waals surface area (Å²) in [5.74, 6) is -0.605. The van der Waals surface area contributed by atoms with Gasteiger partial charge in [0.1, 0.15) is 11.8 Å².